The van der Waals surface area contributed by atoms with Crippen molar-refractivity contribution in [3.05, 3.63) is 43.5 Å². The van der Waals surface area contributed by atoms with Crippen LogP contribution >= 0.6 is 11.8 Å². The van der Waals surface area contributed by atoms with Gasteiger partial charge in [-0.25, -0.2) is 4.79 Å². The van der Waals surface area contributed by atoms with Gasteiger partial charge in [-0.1, -0.05) is 18.6 Å². The SMILES string of the molecule is C=CCN(CC=C)c1ccc(N=NC(=N)SC(=N)C(=O)OC2CCCCC2)c(N)c1. The predicted molar refractivity (Wildman–Crippen MR) is 124 cm³/mol. The third kappa shape index (κ3) is 7.14. The summed E-state index contributed by atoms with van der Waals surface area (Å²) in [5.74, 6) is -0.722. The van der Waals surface area contributed by atoms with Gasteiger partial charge in [0.25, 0.3) is 0 Å². The number of nitrogens with two attached hydrogens (primary N) is 1. The van der Waals surface area contributed by atoms with Crippen molar-refractivity contribution >= 4 is 45.0 Å². The average molecular weight is 429 g/mol. The largest absolute Gasteiger partial charge is 0.457 e. The van der Waals surface area contributed by atoms with Gasteiger partial charge < -0.3 is 15.4 Å². The molecule has 0 bridgehead atoms. The van der Waals surface area contributed by atoms with Crippen molar-refractivity contribution in [1.82, 2.24) is 0 Å². The molecular formula is C21H28N6O2S. The second-order valence-corrected chi connectivity index (χ2v) is 7.83. The maximum atomic E-state index is 12.0. The van der Waals surface area contributed by atoms with Crippen LogP contribution in [0.25, 0.3) is 0 Å². The molecule has 1 aliphatic rings. The first-order valence-electron chi connectivity index (χ1n) is 9.78. The third-order valence-corrected chi connectivity index (χ3v) is 5.18. The van der Waals surface area contributed by atoms with Crippen molar-refractivity contribution in [3.8, 4) is 0 Å². The maximum Gasteiger partial charge on any atom is 0.363 e. The Labute approximate surface area is 181 Å². The minimum absolute atomic E-state index is 0.136. The van der Waals surface area contributed by atoms with E-state index in [4.69, 9.17) is 21.3 Å². The monoisotopic (exact) mass is 428 g/mol. The first-order valence-corrected chi connectivity index (χ1v) is 10.6. The fraction of sp³-hybridized carbons (Fsp3) is 0.381. The summed E-state index contributed by atoms with van der Waals surface area (Å²) in [4.78, 5) is 14.0. The zero-order valence-corrected chi connectivity index (χ0v) is 17.8. The van der Waals surface area contributed by atoms with Gasteiger partial charge in [0.15, 0.2) is 5.04 Å². The molecule has 0 aromatic heterocycles. The van der Waals surface area contributed by atoms with Gasteiger partial charge in [-0.2, -0.15) is 0 Å². The van der Waals surface area contributed by atoms with Crippen molar-refractivity contribution in [2.45, 2.75) is 38.2 Å². The number of ether oxygens (including phenoxy) is 1. The molecule has 0 saturated heterocycles. The number of esters is 1. The lowest BCUT2D eigenvalue weighted by atomic mass is 9.98. The molecular weight excluding hydrogens is 400 g/mol. The van der Waals surface area contributed by atoms with Crippen molar-refractivity contribution in [2.24, 2.45) is 10.2 Å². The number of thioether (sulfide) groups is 1. The zero-order chi connectivity index (χ0) is 21.9. The molecule has 0 heterocycles. The number of azo groups is 1. The predicted octanol–water partition coefficient (Wildman–Crippen LogP) is 5.05. The number of benzene rings is 1. The van der Waals surface area contributed by atoms with Crippen LogP contribution < -0.4 is 10.6 Å². The molecule has 0 atom stereocenters. The molecule has 1 saturated carbocycles. The minimum Gasteiger partial charge on any atom is -0.457 e. The summed E-state index contributed by atoms with van der Waals surface area (Å²) in [5, 5.41) is 22.8. The van der Waals surface area contributed by atoms with Crippen LogP contribution in [0, 0.1) is 10.8 Å². The highest BCUT2D eigenvalue weighted by Gasteiger charge is 2.21. The molecule has 1 aromatic carbocycles. The molecule has 160 valence electrons. The molecule has 0 spiro atoms. The van der Waals surface area contributed by atoms with E-state index in [0.29, 0.717) is 36.2 Å². The van der Waals surface area contributed by atoms with Gasteiger partial charge in [0.05, 0.1) is 5.69 Å². The number of nitrogens with zero attached hydrogens (tertiary/aromatic N) is 3. The second-order valence-electron chi connectivity index (χ2n) is 6.83. The Morgan fingerprint density at radius 2 is 1.90 bits per heavy atom. The second kappa shape index (κ2) is 11.9. The molecule has 1 fully saturated rings. The highest BCUT2D eigenvalue weighted by molar-refractivity contribution is 8.27. The van der Waals surface area contributed by atoms with E-state index in [2.05, 4.69) is 23.4 Å². The van der Waals surface area contributed by atoms with Gasteiger partial charge >= 0.3 is 5.97 Å². The highest BCUT2D eigenvalue weighted by Crippen LogP contribution is 2.28. The molecule has 0 aliphatic heterocycles. The van der Waals surface area contributed by atoms with E-state index in [1.165, 1.54) is 0 Å². The molecule has 0 amide bonds. The maximum absolute atomic E-state index is 12.0. The molecule has 2 rings (SSSR count). The summed E-state index contributed by atoms with van der Waals surface area (Å²) < 4.78 is 5.32. The number of anilines is 2. The first-order chi connectivity index (χ1) is 14.4. The number of hydrogen-bond donors (Lipinski definition) is 3. The molecule has 1 aliphatic carbocycles. The summed E-state index contributed by atoms with van der Waals surface area (Å²) in [6, 6.07) is 5.31. The van der Waals surface area contributed by atoms with Crippen LogP contribution in [0.1, 0.15) is 32.1 Å². The highest BCUT2D eigenvalue weighted by atomic mass is 32.2. The number of carbonyl (C=O) groups excluding carboxylic acids is 1. The lowest BCUT2D eigenvalue weighted by molar-refractivity contribution is -0.141. The van der Waals surface area contributed by atoms with E-state index in [-0.39, 0.29) is 16.3 Å². The summed E-state index contributed by atoms with van der Waals surface area (Å²) in [5.41, 5.74) is 7.76. The van der Waals surface area contributed by atoms with E-state index in [1.807, 2.05) is 11.0 Å². The summed E-state index contributed by atoms with van der Waals surface area (Å²) in [7, 11) is 0. The standard InChI is InChI=1S/C21H28N6O2S/c1-3-12-27(13-4-2)15-10-11-18(17(22)14-15)25-26-21(24)30-19(23)20(28)29-16-8-6-5-7-9-16/h3-4,10-11,14,16,23-24H,1-2,5-9,12-13,22H2. The molecule has 30 heavy (non-hydrogen) atoms. The van der Waals surface area contributed by atoms with Gasteiger partial charge in [0.2, 0.25) is 5.17 Å². The Hall–Kier alpha value is -2.94. The van der Waals surface area contributed by atoms with Crippen LogP contribution in [0.2, 0.25) is 0 Å². The van der Waals surface area contributed by atoms with Crippen molar-refractivity contribution in [1.29, 1.82) is 10.8 Å². The lowest BCUT2D eigenvalue weighted by Crippen LogP contribution is -2.24. The van der Waals surface area contributed by atoms with Gasteiger partial charge in [-0.3, -0.25) is 10.8 Å². The molecule has 0 radical (unpaired) electrons. The molecule has 8 nitrogen and oxygen atoms in total. The number of nitrogen functional groups attached to an aromatic ring is 1. The lowest BCUT2D eigenvalue weighted by Gasteiger charge is -2.22. The quantitative estimate of drug-likeness (QED) is 0.140. The Morgan fingerprint density at radius 1 is 1.23 bits per heavy atom. The number of carbonyl (C=O) groups is 1. The zero-order valence-electron chi connectivity index (χ0n) is 17.0. The van der Waals surface area contributed by atoms with Crippen LogP contribution in [-0.4, -0.2) is 35.4 Å². The Balaban J connectivity index is 1.93. The minimum atomic E-state index is -0.722. The van der Waals surface area contributed by atoms with Gasteiger partial charge in [0, 0.05) is 18.8 Å². The van der Waals surface area contributed by atoms with Crippen LogP contribution in [0.15, 0.2) is 53.7 Å². The van der Waals surface area contributed by atoms with Crippen LogP contribution in [-0.2, 0) is 9.53 Å². The first kappa shape index (κ1) is 23.3. The smallest absolute Gasteiger partial charge is 0.363 e. The molecule has 1 aromatic rings. The summed E-state index contributed by atoms with van der Waals surface area (Å²) >= 11 is 0.603. The fourth-order valence-corrected chi connectivity index (χ4v) is 3.48. The Morgan fingerprint density at radius 3 is 2.50 bits per heavy atom. The number of hydrogen-bond acceptors (Lipinski definition) is 8. The van der Waals surface area contributed by atoms with Crippen LogP contribution in [0.5, 0.6) is 0 Å². The van der Waals surface area contributed by atoms with Gasteiger partial charge in [-0.05, 0) is 55.6 Å². The Bertz CT molecular complexity index is 823. The average Bonchev–Trinajstić information content (AvgIpc) is 2.73. The van der Waals surface area contributed by atoms with E-state index >= 15 is 0 Å². The topological polar surface area (TPSA) is 128 Å². The van der Waals surface area contributed by atoms with E-state index < -0.39 is 5.97 Å². The van der Waals surface area contributed by atoms with Crippen molar-refractivity contribution in [2.75, 3.05) is 23.7 Å². The van der Waals surface area contributed by atoms with E-state index in [0.717, 1.165) is 37.8 Å². The molecule has 4 N–H and O–H groups in total. The van der Waals surface area contributed by atoms with Crippen molar-refractivity contribution in [3.63, 3.8) is 0 Å². The third-order valence-electron chi connectivity index (χ3n) is 4.53. The van der Waals surface area contributed by atoms with Gasteiger partial charge in [-0.15, -0.1) is 23.4 Å². The van der Waals surface area contributed by atoms with Crippen LogP contribution in [0.4, 0.5) is 17.1 Å². The number of nitrogens with one attached hydrogen (secondary N) is 2. The van der Waals surface area contributed by atoms with Crippen LogP contribution in [0.3, 0.4) is 0 Å². The molecule has 9 heteroatoms. The normalized spacial score (nSPS) is 14.3. The Kier molecular flexibility index (Phi) is 9.27. The number of amidine groups is 1. The van der Waals surface area contributed by atoms with E-state index in [1.54, 1.807) is 24.3 Å². The summed E-state index contributed by atoms with van der Waals surface area (Å²) in [6.45, 7) is 8.79. The number of rotatable bonds is 7. The molecule has 0 unspecified atom stereocenters. The van der Waals surface area contributed by atoms with Gasteiger partial charge in [0.1, 0.15) is 11.8 Å². The van der Waals surface area contributed by atoms with Crippen molar-refractivity contribution < 1.29 is 9.53 Å². The summed E-state index contributed by atoms with van der Waals surface area (Å²) in [6.07, 6.45) is 8.31. The van der Waals surface area contributed by atoms with E-state index in [9.17, 15) is 4.79 Å². The fourth-order valence-electron chi connectivity index (χ4n) is 3.07.